The van der Waals surface area contributed by atoms with E-state index in [2.05, 4.69) is 0 Å². The first-order chi connectivity index (χ1) is 8.15. The van der Waals surface area contributed by atoms with Gasteiger partial charge in [-0.3, -0.25) is 0 Å². The zero-order valence-electron chi connectivity index (χ0n) is 10.1. The van der Waals surface area contributed by atoms with Crippen LogP contribution in [0.2, 0.25) is 0 Å². The SMILES string of the molecule is CCc1c(O)ccc(C)c1-c1ccccc1O. The van der Waals surface area contributed by atoms with Crippen molar-refractivity contribution in [3.8, 4) is 22.6 Å². The van der Waals surface area contributed by atoms with Gasteiger partial charge in [0.1, 0.15) is 11.5 Å². The van der Waals surface area contributed by atoms with Crippen LogP contribution in [0.4, 0.5) is 0 Å². The van der Waals surface area contributed by atoms with E-state index >= 15 is 0 Å². The average Bonchev–Trinajstić information content (AvgIpc) is 2.33. The molecule has 0 spiro atoms. The number of phenols is 2. The van der Waals surface area contributed by atoms with Crippen molar-refractivity contribution in [1.82, 2.24) is 0 Å². The molecule has 0 aliphatic carbocycles. The maximum atomic E-state index is 9.92. The van der Waals surface area contributed by atoms with Crippen LogP contribution in [0, 0.1) is 6.92 Å². The van der Waals surface area contributed by atoms with Crippen molar-refractivity contribution in [3.05, 3.63) is 47.5 Å². The molecule has 0 heterocycles. The van der Waals surface area contributed by atoms with Gasteiger partial charge in [0.25, 0.3) is 0 Å². The first-order valence-corrected chi connectivity index (χ1v) is 5.75. The zero-order valence-corrected chi connectivity index (χ0v) is 10.1. The van der Waals surface area contributed by atoms with Gasteiger partial charge in [-0.15, -0.1) is 0 Å². The lowest BCUT2D eigenvalue weighted by Crippen LogP contribution is -1.92. The fourth-order valence-corrected chi connectivity index (χ4v) is 2.17. The van der Waals surface area contributed by atoms with Crippen molar-refractivity contribution < 1.29 is 10.2 Å². The summed E-state index contributed by atoms with van der Waals surface area (Å²) in [7, 11) is 0. The third-order valence-corrected chi connectivity index (χ3v) is 3.02. The van der Waals surface area contributed by atoms with E-state index in [-0.39, 0.29) is 11.5 Å². The minimum atomic E-state index is 0.246. The normalized spacial score (nSPS) is 10.5. The van der Waals surface area contributed by atoms with E-state index in [1.165, 1.54) is 0 Å². The van der Waals surface area contributed by atoms with E-state index in [0.717, 1.165) is 28.7 Å². The molecule has 0 amide bonds. The number of aromatic hydroxyl groups is 2. The maximum absolute atomic E-state index is 9.92. The summed E-state index contributed by atoms with van der Waals surface area (Å²) in [6.45, 7) is 3.98. The molecule has 0 unspecified atom stereocenters. The fourth-order valence-electron chi connectivity index (χ4n) is 2.17. The van der Waals surface area contributed by atoms with Crippen molar-refractivity contribution in [3.63, 3.8) is 0 Å². The van der Waals surface area contributed by atoms with Gasteiger partial charge < -0.3 is 10.2 Å². The molecule has 0 atom stereocenters. The van der Waals surface area contributed by atoms with E-state index in [9.17, 15) is 10.2 Å². The van der Waals surface area contributed by atoms with Gasteiger partial charge in [0, 0.05) is 11.1 Å². The van der Waals surface area contributed by atoms with Crippen LogP contribution < -0.4 is 0 Å². The van der Waals surface area contributed by atoms with Gasteiger partial charge in [0.05, 0.1) is 0 Å². The van der Waals surface area contributed by atoms with Crippen molar-refractivity contribution in [1.29, 1.82) is 0 Å². The highest BCUT2D eigenvalue weighted by Gasteiger charge is 2.13. The van der Waals surface area contributed by atoms with Gasteiger partial charge in [0.2, 0.25) is 0 Å². The van der Waals surface area contributed by atoms with Crippen LogP contribution in [-0.2, 0) is 6.42 Å². The number of rotatable bonds is 2. The smallest absolute Gasteiger partial charge is 0.123 e. The monoisotopic (exact) mass is 228 g/mol. The molecule has 0 aliphatic heterocycles. The van der Waals surface area contributed by atoms with E-state index in [4.69, 9.17) is 0 Å². The Balaban J connectivity index is 2.75. The summed E-state index contributed by atoms with van der Waals surface area (Å²) in [5.74, 6) is 0.534. The number of para-hydroxylation sites is 1. The molecular formula is C15H16O2. The second kappa shape index (κ2) is 4.50. The summed E-state index contributed by atoms with van der Waals surface area (Å²) in [6, 6.07) is 10.8. The summed E-state index contributed by atoms with van der Waals surface area (Å²) in [6.07, 6.45) is 0.733. The topological polar surface area (TPSA) is 40.5 Å². The third kappa shape index (κ3) is 1.98. The third-order valence-electron chi connectivity index (χ3n) is 3.02. The Morgan fingerprint density at radius 3 is 2.29 bits per heavy atom. The molecule has 2 aromatic rings. The second-order valence-electron chi connectivity index (χ2n) is 4.13. The predicted molar refractivity (Wildman–Crippen MR) is 69.3 cm³/mol. The summed E-state index contributed by atoms with van der Waals surface area (Å²) >= 11 is 0. The van der Waals surface area contributed by atoms with Crippen molar-refractivity contribution in [2.24, 2.45) is 0 Å². The molecule has 2 aromatic carbocycles. The lowest BCUT2D eigenvalue weighted by Gasteiger charge is -2.14. The molecule has 2 nitrogen and oxygen atoms in total. The number of aryl methyl sites for hydroxylation is 1. The molecule has 0 aromatic heterocycles. The van der Waals surface area contributed by atoms with Crippen molar-refractivity contribution in [2.45, 2.75) is 20.3 Å². The molecule has 17 heavy (non-hydrogen) atoms. The van der Waals surface area contributed by atoms with Gasteiger partial charge in [0.15, 0.2) is 0 Å². The largest absolute Gasteiger partial charge is 0.508 e. The van der Waals surface area contributed by atoms with Crippen LogP contribution in [0.25, 0.3) is 11.1 Å². The summed E-state index contributed by atoms with van der Waals surface area (Å²) < 4.78 is 0. The molecular weight excluding hydrogens is 212 g/mol. The summed E-state index contributed by atoms with van der Waals surface area (Å²) in [4.78, 5) is 0. The summed E-state index contributed by atoms with van der Waals surface area (Å²) in [5.41, 5.74) is 3.65. The van der Waals surface area contributed by atoms with E-state index < -0.39 is 0 Å². The molecule has 0 radical (unpaired) electrons. The van der Waals surface area contributed by atoms with Crippen molar-refractivity contribution >= 4 is 0 Å². The van der Waals surface area contributed by atoms with Gasteiger partial charge in [-0.25, -0.2) is 0 Å². The molecule has 0 bridgehead atoms. The summed E-state index contributed by atoms with van der Waals surface area (Å²) in [5, 5.41) is 19.8. The van der Waals surface area contributed by atoms with E-state index in [1.807, 2.05) is 32.0 Å². The van der Waals surface area contributed by atoms with E-state index in [1.54, 1.807) is 18.2 Å². The molecule has 0 aliphatic rings. The Morgan fingerprint density at radius 1 is 0.941 bits per heavy atom. The van der Waals surface area contributed by atoms with Crippen LogP contribution >= 0.6 is 0 Å². The standard InChI is InChI=1S/C15H16O2/c1-3-11-14(17)9-8-10(2)15(11)12-6-4-5-7-13(12)16/h4-9,16-17H,3H2,1-2H3. The molecule has 2 rings (SSSR count). The van der Waals surface area contributed by atoms with Gasteiger partial charge in [-0.05, 0) is 36.6 Å². The zero-order chi connectivity index (χ0) is 12.4. The fraction of sp³-hybridized carbons (Fsp3) is 0.200. The Labute approximate surface area is 101 Å². The Morgan fingerprint density at radius 2 is 1.65 bits per heavy atom. The van der Waals surface area contributed by atoms with Crippen LogP contribution in [-0.4, -0.2) is 10.2 Å². The number of hydrogen-bond donors (Lipinski definition) is 2. The maximum Gasteiger partial charge on any atom is 0.123 e. The second-order valence-corrected chi connectivity index (χ2v) is 4.13. The lowest BCUT2D eigenvalue weighted by molar-refractivity contribution is 0.468. The lowest BCUT2D eigenvalue weighted by atomic mass is 9.92. The highest BCUT2D eigenvalue weighted by Crippen LogP contribution is 2.37. The molecule has 0 fully saturated rings. The molecule has 88 valence electrons. The Kier molecular flexibility index (Phi) is 3.05. The number of hydrogen-bond acceptors (Lipinski definition) is 2. The predicted octanol–water partition coefficient (Wildman–Crippen LogP) is 3.64. The number of benzene rings is 2. The molecule has 0 saturated heterocycles. The number of phenolic OH excluding ortho intramolecular Hbond substituents is 2. The minimum absolute atomic E-state index is 0.246. The average molecular weight is 228 g/mol. The highest BCUT2D eigenvalue weighted by atomic mass is 16.3. The first-order valence-electron chi connectivity index (χ1n) is 5.75. The van der Waals surface area contributed by atoms with Gasteiger partial charge >= 0.3 is 0 Å². The van der Waals surface area contributed by atoms with Gasteiger partial charge in [-0.1, -0.05) is 31.2 Å². The van der Waals surface area contributed by atoms with Crippen molar-refractivity contribution in [2.75, 3.05) is 0 Å². The van der Waals surface area contributed by atoms with Gasteiger partial charge in [-0.2, -0.15) is 0 Å². The quantitative estimate of drug-likeness (QED) is 0.823. The van der Waals surface area contributed by atoms with E-state index in [0.29, 0.717) is 0 Å². The van der Waals surface area contributed by atoms with Crippen LogP contribution in [0.1, 0.15) is 18.1 Å². The Hall–Kier alpha value is -1.96. The molecule has 0 saturated carbocycles. The van der Waals surface area contributed by atoms with Crippen LogP contribution in [0.3, 0.4) is 0 Å². The minimum Gasteiger partial charge on any atom is -0.508 e. The Bertz CT molecular complexity index is 545. The van der Waals surface area contributed by atoms with Crippen LogP contribution in [0.5, 0.6) is 11.5 Å². The van der Waals surface area contributed by atoms with Crippen LogP contribution in [0.15, 0.2) is 36.4 Å². The first kappa shape index (κ1) is 11.5. The highest BCUT2D eigenvalue weighted by molar-refractivity contribution is 5.77. The molecule has 2 N–H and O–H groups in total. The molecule has 2 heteroatoms.